The Labute approximate surface area is 201 Å². The van der Waals surface area contributed by atoms with Crippen molar-refractivity contribution in [2.24, 2.45) is 0 Å². The molecule has 0 N–H and O–H groups in total. The van der Waals surface area contributed by atoms with Crippen molar-refractivity contribution in [3.63, 3.8) is 0 Å². The van der Waals surface area contributed by atoms with Crippen LogP contribution in [0.1, 0.15) is 17.1 Å². The van der Waals surface area contributed by atoms with Gasteiger partial charge < -0.3 is 14.7 Å². The average Bonchev–Trinajstić information content (AvgIpc) is 3.48. The summed E-state index contributed by atoms with van der Waals surface area (Å²) in [7, 11) is 12.2. The molecule has 0 atom stereocenters. The zero-order valence-corrected chi connectivity index (χ0v) is 21.4. The van der Waals surface area contributed by atoms with Crippen LogP contribution < -0.4 is 0 Å². The van der Waals surface area contributed by atoms with Crippen LogP contribution in [0.25, 0.3) is 0 Å². The zero-order valence-electron chi connectivity index (χ0n) is 21.4. The van der Waals surface area contributed by atoms with Crippen LogP contribution in [0.2, 0.25) is 0 Å². The summed E-state index contributed by atoms with van der Waals surface area (Å²) in [5.41, 5.74) is 2.93. The first kappa shape index (κ1) is 25.9. The summed E-state index contributed by atoms with van der Waals surface area (Å²) >= 11 is 0. The van der Waals surface area contributed by atoms with Crippen molar-refractivity contribution in [1.82, 2.24) is 64.6 Å². The van der Waals surface area contributed by atoms with E-state index in [9.17, 15) is 0 Å². The van der Waals surface area contributed by atoms with Crippen molar-refractivity contribution in [3.8, 4) is 0 Å². The Morgan fingerprint density at radius 2 is 0.824 bits per heavy atom. The number of nitrogens with zero attached hydrogens (tertiary/aromatic N) is 13. The van der Waals surface area contributed by atoms with Crippen molar-refractivity contribution in [1.29, 1.82) is 0 Å². The van der Waals surface area contributed by atoms with Crippen molar-refractivity contribution in [2.75, 3.05) is 61.9 Å². The third-order valence-corrected chi connectivity index (χ3v) is 5.13. The second-order valence-corrected chi connectivity index (χ2v) is 9.47. The van der Waals surface area contributed by atoms with Gasteiger partial charge in [0.2, 0.25) is 0 Å². The highest BCUT2D eigenvalue weighted by Crippen LogP contribution is 2.02. The first-order valence-electron chi connectivity index (χ1n) is 11.6. The van der Waals surface area contributed by atoms with Gasteiger partial charge in [0, 0.05) is 57.9 Å². The monoisotopic (exact) mass is 473 g/mol. The molecule has 0 fully saturated rings. The van der Waals surface area contributed by atoms with E-state index in [0.29, 0.717) is 0 Å². The summed E-state index contributed by atoms with van der Waals surface area (Å²) in [6, 6.07) is 0. The molecule has 0 spiro atoms. The van der Waals surface area contributed by atoms with Gasteiger partial charge in [-0.1, -0.05) is 15.6 Å². The Hall–Kier alpha value is -2.74. The minimum absolute atomic E-state index is 0.771. The molecule has 0 aliphatic rings. The lowest BCUT2D eigenvalue weighted by atomic mass is 10.4. The van der Waals surface area contributed by atoms with Gasteiger partial charge in [0.1, 0.15) is 0 Å². The van der Waals surface area contributed by atoms with Crippen LogP contribution in [0, 0.1) is 0 Å². The molecule has 0 saturated heterocycles. The molecule has 0 bridgehead atoms. The van der Waals surface area contributed by atoms with Gasteiger partial charge in [-0.3, -0.25) is 18.9 Å². The molecule has 13 nitrogen and oxygen atoms in total. The Morgan fingerprint density at radius 1 is 0.529 bits per heavy atom. The predicted molar refractivity (Wildman–Crippen MR) is 129 cm³/mol. The minimum atomic E-state index is 0.771. The van der Waals surface area contributed by atoms with E-state index >= 15 is 0 Å². The number of rotatable bonds is 15. The minimum Gasteiger partial charge on any atom is -0.303 e. The molecule has 3 heterocycles. The fourth-order valence-corrected chi connectivity index (χ4v) is 3.60. The Bertz CT molecular complexity index is 847. The lowest BCUT2D eigenvalue weighted by Gasteiger charge is -2.22. The second kappa shape index (κ2) is 12.6. The maximum absolute atomic E-state index is 4.29. The molecule has 3 rings (SSSR count). The van der Waals surface area contributed by atoms with Crippen LogP contribution in [-0.2, 0) is 39.3 Å². The summed E-state index contributed by atoms with van der Waals surface area (Å²) in [5, 5.41) is 25.7. The van der Waals surface area contributed by atoms with Crippen molar-refractivity contribution >= 4 is 0 Å². The highest BCUT2D eigenvalue weighted by atomic mass is 15.5. The topological polar surface area (TPSA) is 105 Å². The van der Waals surface area contributed by atoms with Gasteiger partial charge in [-0.25, -0.2) is 0 Å². The quantitative estimate of drug-likeness (QED) is 0.283. The third kappa shape index (κ3) is 8.89. The molecular formula is C21H39N13. The summed E-state index contributed by atoms with van der Waals surface area (Å²) < 4.78 is 5.75. The first-order valence-corrected chi connectivity index (χ1v) is 11.6. The molecule has 3 aromatic heterocycles. The van der Waals surface area contributed by atoms with Gasteiger partial charge in [0.05, 0.1) is 36.7 Å². The molecule has 0 aliphatic carbocycles. The van der Waals surface area contributed by atoms with E-state index in [4.69, 9.17) is 0 Å². The van der Waals surface area contributed by atoms with Crippen molar-refractivity contribution in [3.05, 3.63) is 35.7 Å². The van der Waals surface area contributed by atoms with Gasteiger partial charge in [0.25, 0.3) is 0 Å². The van der Waals surface area contributed by atoms with E-state index in [0.717, 1.165) is 76.0 Å². The maximum atomic E-state index is 4.29. The predicted octanol–water partition coefficient (Wildman–Crippen LogP) is -0.652. The zero-order chi connectivity index (χ0) is 24.5. The highest BCUT2D eigenvalue weighted by Gasteiger charge is 2.11. The molecule has 0 radical (unpaired) electrons. The van der Waals surface area contributed by atoms with Gasteiger partial charge in [-0.2, -0.15) is 0 Å². The molecule has 0 aliphatic heterocycles. The standard InChI is InChI=1S/C21H39N13/c1-28(2)13-19-16-32(25-22-19)10-7-31(8-11-33-17-20(23-26-33)14-29(3)4)9-12-34-18-21(24-27-34)15-30(5)6/h16-18H,7-15H2,1-6H3. The van der Waals surface area contributed by atoms with E-state index in [2.05, 4.69) is 50.5 Å². The van der Waals surface area contributed by atoms with Gasteiger partial charge >= 0.3 is 0 Å². The van der Waals surface area contributed by atoms with Gasteiger partial charge in [-0.05, 0) is 42.3 Å². The smallest absolute Gasteiger partial charge is 0.0966 e. The normalized spacial score (nSPS) is 12.2. The summed E-state index contributed by atoms with van der Waals surface area (Å²) in [4.78, 5) is 8.66. The highest BCUT2D eigenvalue weighted by molar-refractivity contribution is 4.93. The van der Waals surface area contributed by atoms with Crippen molar-refractivity contribution < 1.29 is 0 Å². The fraction of sp³-hybridized carbons (Fsp3) is 0.714. The van der Waals surface area contributed by atoms with Crippen LogP contribution in [0.15, 0.2) is 18.6 Å². The van der Waals surface area contributed by atoms with E-state index < -0.39 is 0 Å². The van der Waals surface area contributed by atoms with Crippen molar-refractivity contribution in [2.45, 2.75) is 39.3 Å². The largest absolute Gasteiger partial charge is 0.303 e. The molecule has 3 aromatic rings. The number of hydrogen-bond donors (Lipinski definition) is 0. The van der Waals surface area contributed by atoms with E-state index in [1.54, 1.807) is 0 Å². The molecule has 0 aromatic carbocycles. The Balaban J connectivity index is 1.57. The lowest BCUT2D eigenvalue weighted by molar-refractivity contribution is 0.231. The molecule has 0 saturated carbocycles. The maximum Gasteiger partial charge on any atom is 0.0966 e. The second-order valence-electron chi connectivity index (χ2n) is 9.47. The van der Waals surface area contributed by atoms with Gasteiger partial charge in [-0.15, -0.1) is 15.3 Å². The Kier molecular flexibility index (Phi) is 9.62. The summed E-state index contributed by atoms with van der Waals surface area (Å²) in [6.45, 7) is 7.22. The molecule has 0 amide bonds. The molecule has 34 heavy (non-hydrogen) atoms. The Morgan fingerprint density at radius 3 is 1.09 bits per heavy atom. The van der Waals surface area contributed by atoms with Gasteiger partial charge in [0.15, 0.2) is 0 Å². The number of aromatic nitrogens is 9. The van der Waals surface area contributed by atoms with E-state index in [-0.39, 0.29) is 0 Å². The number of hydrogen-bond acceptors (Lipinski definition) is 10. The van der Waals surface area contributed by atoms with Crippen LogP contribution in [-0.4, -0.2) is 127 Å². The lowest BCUT2D eigenvalue weighted by Crippen LogP contribution is -2.34. The molecule has 0 unspecified atom stereocenters. The van der Waals surface area contributed by atoms with Crippen LogP contribution >= 0.6 is 0 Å². The molecule has 13 heteroatoms. The first-order chi connectivity index (χ1) is 16.3. The average molecular weight is 474 g/mol. The van der Waals surface area contributed by atoms with E-state index in [1.807, 2.05) is 74.9 Å². The van der Waals surface area contributed by atoms with E-state index in [1.165, 1.54) is 0 Å². The fourth-order valence-electron chi connectivity index (χ4n) is 3.60. The SMILES string of the molecule is CN(C)Cc1cn(CCN(CCn2cc(CN(C)C)nn2)CCn2cc(CN(C)C)nn2)nn1. The third-order valence-electron chi connectivity index (χ3n) is 5.13. The molecule has 188 valence electrons. The van der Waals surface area contributed by atoms with Crippen LogP contribution in [0.3, 0.4) is 0 Å². The van der Waals surface area contributed by atoms with Crippen LogP contribution in [0.5, 0.6) is 0 Å². The summed E-state index contributed by atoms with van der Waals surface area (Å²) in [5.74, 6) is 0. The van der Waals surface area contributed by atoms with Crippen LogP contribution in [0.4, 0.5) is 0 Å². The molecular weight excluding hydrogens is 434 g/mol. The summed E-state index contributed by atoms with van der Waals surface area (Å²) in [6.07, 6.45) is 6.07.